The molecule has 0 aromatic heterocycles. The zero-order valence-electron chi connectivity index (χ0n) is 9.64. The minimum atomic E-state index is -0.278. The molecule has 2 aliphatic rings. The summed E-state index contributed by atoms with van der Waals surface area (Å²) in [6.45, 7) is 1.06. The molecule has 6 nitrogen and oxygen atoms in total. The average Bonchev–Trinajstić information content (AvgIpc) is 2.71. The van der Waals surface area contributed by atoms with E-state index in [0.29, 0.717) is 18.8 Å². The van der Waals surface area contributed by atoms with Gasteiger partial charge in [0.15, 0.2) is 0 Å². The number of carbonyl (C=O) groups excluding carboxylic acids is 2. The van der Waals surface area contributed by atoms with E-state index >= 15 is 0 Å². The average molecular weight is 260 g/mol. The quantitative estimate of drug-likeness (QED) is 0.620. The van der Waals surface area contributed by atoms with Gasteiger partial charge in [0.25, 0.3) is 0 Å². The Morgan fingerprint density at radius 3 is 2.88 bits per heavy atom. The van der Waals surface area contributed by atoms with Crippen LogP contribution < -0.4 is 5.32 Å². The van der Waals surface area contributed by atoms with Gasteiger partial charge in [0, 0.05) is 12.2 Å². The van der Waals surface area contributed by atoms with Crippen LogP contribution >= 0.6 is 11.8 Å². The molecule has 0 aromatic rings. The number of amides is 1. The first-order valence-corrected chi connectivity index (χ1v) is 6.47. The van der Waals surface area contributed by atoms with Crippen molar-refractivity contribution in [2.24, 2.45) is 0 Å². The number of aliphatic hydroxyl groups excluding tert-OH is 1. The number of likely N-dealkylation sites (tertiary alicyclic amines) is 1. The molecule has 2 N–H and O–H groups in total. The summed E-state index contributed by atoms with van der Waals surface area (Å²) in [5.41, 5.74) is 0. The second-order valence-electron chi connectivity index (χ2n) is 4.25. The lowest BCUT2D eigenvalue weighted by molar-refractivity contribution is -0.143. The van der Waals surface area contributed by atoms with Gasteiger partial charge < -0.3 is 14.7 Å². The topological polar surface area (TPSA) is 78.9 Å². The number of aliphatic hydroxyl groups is 1. The number of thioether (sulfide) groups is 1. The largest absolute Gasteiger partial charge is 0.468 e. The number of carbonyl (C=O) groups is 2. The molecule has 1 spiro atoms. The molecule has 0 aliphatic carbocycles. The highest BCUT2D eigenvalue weighted by molar-refractivity contribution is 8.01. The van der Waals surface area contributed by atoms with Crippen LogP contribution in [0.1, 0.15) is 6.42 Å². The van der Waals surface area contributed by atoms with Crippen molar-refractivity contribution < 1.29 is 19.4 Å². The summed E-state index contributed by atoms with van der Waals surface area (Å²) < 4.78 is 4.68. The number of ether oxygens (including phenoxy) is 1. The van der Waals surface area contributed by atoms with Crippen molar-refractivity contribution in [3.05, 3.63) is 0 Å². The third-order valence-electron chi connectivity index (χ3n) is 3.02. The van der Waals surface area contributed by atoms with Gasteiger partial charge in [-0.1, -0.05) is 0 Å². The van der Waals surface area contributed by atoms with Crippen LogP contribution in [0.25, 0.3) is 0 Å². The normalized spacial score (nSPS) is 25.8. The van der Waals surface area contributed by atoms with Crippen LogP contribution in [0.2, 0.25) is 0 Å². The van der Waals surface area contributed by atoms with Gasteiger partial charge in [0.05, 0.1) is 26.8 Å². The molecule has 0 unspecified atom stereocenters. The van der Waals surface area contributed by atoms with Crippen LogP contribution in [-0.2, 0) is 14.3 Å². The summed E-state index contributed by atoms with van der Waals surface area (Å²) in [5.74, 6) is 0.380. The predicted octanol–water partition coefficient (Wildman–Crippen LogP) is -1.21. The SMILES string of the molecule is COC(=O)[C@@H]1CSC2(CN(C(=O)CCO)C2)N1. The van der Waals surface area contributed by atoms with Crippen molar-refractivity contribution in [3.8, 4) is 0 Å². The zero-order chi connectivity index (χ0) is 12.5. The first kappa shape index (κ1) is 12.7. The molecule has 0 saturated carbocycles. The summed E-state index contributed by atoms with van der Waals surface area (Å²) in [4.78, 5) is 24.3. The maximum Gasteiger partial charge on any atom is 0.323 e. The Hall–Kier alpha value is -0.790. The Labute approximate surface area is 104 Å². The van der Waals surface area contributed by atoms with Gasteiger partial charge in [-0.15, -0.1) is 11.8 Å². The van der Waals surface area contributed by atoms with E-state index in [0.717, 1.165) is 0 Å². The van der Waals surface area contributed by atoms with Gasteiger partial charge in [-0.05, 0) is 0 Å². The molecule has 96 valence electrons. The molecule has 2 saturated heterocycles. The summed E-state index contributed by atoms with van der Waals surface area (Å²) in [5, 5.41) is 11.9. The molecule has 0 bridgehead atoms. The Balaban J connectivity index is 1.83. The van der Waals surface area contributed by atoms with Crippen molar-refractivity contribution in [3.63, 3.8) is 0 Å². The molecular formula is C10H16N2O4S. The molecule has 2 fully saturated rings. The van der Waals surface area contributed by atoms with Crippen LogP contribution in [0.4, 0.5) is 0 Å². The van der Waals surface area contributed by atoms with E-state index in [1.165, 1.54) is 7.11 Å². The van der Waals surface area contributed by atoms with Crippen LogP contribution in [0, 0.1) is 0 Å². The molecule has 17 heavy (non-hydrogen) atoms. The number of rotatable bonds is 3. The molecule has 0 radical (unpaired) electrons. The number of nitrogens with zero attached hydrogens (tertiary/aromatic N) is 1. The Morgan fingerprint density at radius 2 is 2.29 bits per heavy atom. The van der Waals surface area contributed by atoms with Crippen molar-refractivity contribution >= 4 is 23.6 Å². The van der Waals surface area contributed by atoms with E-state index in [1.807, 2.05) is 0 Å². The van der Waals surface area contributed by atoms with Crippen molar-refractivity contribution in [2.75, 3.05) is 32.6 Å². The second kappa shape index (κ2) is 4.83. The van der Waals surface area contributed by atoms with Gasteiger partial charge in [-0.3, -0.25) is 14.9 Å². The smallest absolute Gasteiger partial charge is 0.323 e. The molecular weight excluding hydrogens is 244 g/mol. The van der Waals surface area contributed by atoms with E-state index in [4.69, 9.17) is 5.11 Å². The van der Waals surface area contributed by atoms with Gasteiger partial charge >= 0.3 is 5.97 Å². The van der Waals surface area contributed by atoms with Crippen molar-refractivity contribution in [1.29, 1.82) is 0 Å². The number of nitrogens with one attached hydrogen (secondary N) is 1. The van der Waals surface area contributed by atoms with E-state index in [9.17, 15) is 9.59 Å². The zero-order valence-corrected chi connectivity index (χ0v) is 10.5. The Morgan fingerprint density at radius 1 is 1.59 bits per heavy atom. The third kappa shape index (κ3) is 2.41. The Bertz CT molecular complexity index is 330. The standard InChI is InChI=1S/C10H16N2O4S/c1-16-9(15)7-4-17-10(11-7)5-12(6-10)8(14)2-3-13/h7,11,13H,2-6H2,1H3/t7-/m0/s1. The van der Waals surface area contributed by atoms with Crippen LogP contribution in [0.5, 0.6) is 0 Å². The molecule has 1 amide bonds. The first-order chi connectivity index (χ1) is 8.10. The maximum atomic E-state index is 11.5. The van der Waals surface area contributed by atoms with Gasteiger partial charge in [-0.2, -0.15) is 0 Å². The molecule has 7 heteroatoms. The molecule has 0 aromatic carbocycles. The molecule has 2 rings (SSSR count). The highest BCUT2D eigenvalue weighted by Crippen LogP contribution is 2.38. The van der Waals surface area contributed by atoms with E-state index in [2.05, 4.69) is 10.1 Å². The minimum Gasteiger partial charge on any atom is -0.468 e. The summed E-state index contributed by atoms with van der Waals surface area (Å²) in [6.07, 6.45) is 0.168. The lowest BCUT2D eigenvalue weighted by Crippen LogP contribution is -2.67. The molecule has 2 heterocycles. The van der Waals surface area contributed by atoms with Crippen molar-refractivity contribution in [1.82, 2.24) is 10.2 Å². The van der Waals surface area contributed by atoms with E-state index in [1.54, 1.807) is 16.7 Å². The van der Waals surface area contributed by atoms with Crippen molar-refractivity contribution in [2.45, 2.75) is 17.3 Å². The fourth-order valence-corrected chi connectivity index (χ4v) is 3.52. The fraction of sp³-hybridized carbons (Fsp3) is 0.800. The number of methoxy groups -OCH3 is 1. The minimum absolute atomic E-state index is 0.0398. The highest BCUT2D eigenvalue weighted by Gasteiger charge is 2.51. The van der Waals surface area contributed by atoms with Gasteiger partial charge in [0.2, 0.25) is 5.91 Å². The number of esters is 1. The highest BCUT2D eigenvalue weighted by atomic mass is 32.2. The fourth-order valence-electron chi connectivity index (χ4n) is 2.10. The summed E-state index contributed by atoms with van der Waals surface area (Å²) in [6, 6.07) is -0.278. The van der Waals surface area contributed by atoms with Crippen LogP contribution in [-0.4, -0.2) is 65.4 Å². The summed E-state index contributed by atoms with van der Waals surface area (Å²) >= 11 is 1.65. The second-order valence-corrected chi connectivity index (χ2v) is 5.65. The number of hydrogen-bond donors (Lipinski definition) is 2. The van der Waals surface area contributed by atoms with Gasteiger partial charge in [-0.25, -0.2) is 0 Å². The third-order valence-corrected chi connectivity index (χ3v) is 4.45. The molecule has 1 atom stereocenters. The van der Waals surface area contributed by atoms with E-state index in [-0.39, 0.29) is 35.8 Å². The summed E-state index contributed by atoms with van der Waals surface area (Å²) in [7, 11) is 1.37. The van der Waals surface area contributed by atoms with Gasteiger partial charge in [0.1, 0.15) is 10.9 Å². The maximum absolute atomic E-state index is 11.5. The van der Waals surface area contributed by atoms with E-state index < -0.39 is 0 Å². The number of hydrogen-bond acceptors (Lipinski definition) is 6. The lowest BCUT2D eigenvalue weighted by atomic mass is 10.1. The lowest BCUT2D eigenvalue weighted by Gasteiger charge is -2.47. The predicted molar refractivity (Wildman–Crippen MR) is 62.4 cm³/mol. The van der Waals surface area contributed by atoms with Crippen LogP contribution in [0.15, 0.2) is 0 Å². The monoisotopic (exact) mass is 260 g/mol. The molecule has 2 aliphatic heterocycles. The first-order valence-electron chi connectivity index (χ1n) is 5.48. The van der Waals surface area contributed by atoms with Crippen LogP contribution in [0.3, 0.4) is 0 Å². The Kier molecular flexibility index (Phi) is 3.60.